The average Bonchev–Trinajstić information content (AvgIpc) is 3.24. The van der Waals surface area contributed by atoms with Gasteiger partial charge in [0.15, 0.2) is 5.82 Å². The second-order valence-electron chi connectivity index (χ2n) is 7.58. The van der Waals surface area contributed by atoms with Crippen molar-refractivity contribution in [2.24, 2.45) is 5.73 Å². The number of carboxylic acids is 1. The summed E-state index contributed by atoms with van der Waals surface area (Å²) >= 11 is 0. The van der Waals surface area contributed by atoms with Gasteiger partial charge in [0.05, 0.1) is 18.8 Å². The number of nitrogens with two attached hydrogens (primary N) is 1. The second-order valence-corrected chi connectivity index (χ2v) is 9.06. The van der Waals surface area contributed by atoms with Crippen LogP contribution in [0.15, 0.2) is 4.52 Å². The molecule has 0 saturated carbocycles. The molecule has 1 amide bonds. The summed E-state index contributed by atoms with van der Waals surface area (Å²) in [6.07, 6.45) is 2.22. The highest BCUT2D eigenvalue weighted by Crippen LogP contribution is 2.19. The molecule has 1 aromatic rings. The maximum atomic E-state index is 12.5. The molecule has 0 saturated heterocycles. The molecule has 1 aromatic heterocycles. The lowest BCUT2D eigenvalue weighted by atomic mass is 10.1. The summed E-state index contributed by atoms with van der Waals surface area (Å²) in [5, 5.41) is 34.1. The predicted octanol–water partition coefficient (Wildman–Crippen LogP) is -1.16. The number of aliphatic hydroxyl groups excluding tert-OH is 2. The van der Waals surface area contributed by atoms with Crippen LogP contribution in [0.25, 0.3) is 0 Å². The van der Waals surface area contributed by atoms with Crippen molar-refractivity contribution < 1.29 is 37.8 Å². The van der Waals surface area contributed by atoms with Crippen LogP contribution >= 0.6 is 0 Å². The molecule has 8 N–H and O–H groups in total. The Bertz CT molecular complexity index is 847. The molecular formula is C18H34N6O8S. The highest BCUT2D eigenvalue weighted by Gasteiger charge is 2.32. The van der Waals surface area contributed by atoms with Gasteiger partial charge in [0.1, 0.15) is 12.1 Å². The normalized spacial score (nSPS) is 15.5. The Morgan fingerprint density at radius 3 is 2.48 bits per heavy atom. The van der Waals surface area contributed by atoms with Gasteiger partial charge in [0.2, 0.25) is 11.8 Å². The number of carbonyl (C=O) groups is 2. The first-order valence-electron chi connectivity index (χ1n) is 10.7. The van der Waals surface area contributed by atoms with Crippen LogP contribution < -0.4 is 20.5 Å². The zero-order valence-corrected chi connectivity index (χ0v) is 19.5. The molecule has 0 aliphatic rings. The van der Waals surface area contributed by atoms with Crippen molar-refractivity contribution in [1.82, 2.24) is 24.9 Å². The van der Waals surface area contributed by atoms with Crippen LogP contribution in [-0.4, -0.2) is 71.1 Å². The predicted molar refractivity (Wildman–Crippen MR) is 116 cm³/mol. The van der Waals surface area contributed by atoms with Gasteiger partial charge in [0, 0.05) is 13.0 Å². The fourth-order valence-electron chi connectivity index (χ4n) is 2.74. The van der Waals surface area contributed by atoms with Gasteiger partial charge in [-0.15, -0.1) is 0 Å². The van der Waals surface area contributed by atoms with E-state index in [1.807, 2.05) is 4.72 Å². The summed E-state index contributed by atoms with van der Waals surface area (Å²) in [6, 6.07) is -3.98. The van der Waals surface area contributed by atoms with Crippen molar-refractivity contribution in [3.63, 3.8) is 0 Å². The van der Waals surface area contributed by atoms with Crippen molar-refractivity contribution in [3.05, 3.63) is 11.7 Å². The van der Waals surface area contributed by atoms with Gasteiger partial charge >= 0.3 is 5.97 Å². The topological polar surface area (TPSA) is 230 Å². The summed E-state index contributed by atoms with van der Waals surface area (Å²) in [6.45, 7) is 3.20. The molecular weight excluding hydrogens is 460 g/mol. The fourth-order valence-corrected chi connectivity index (χ4v) is 4.03. The van der Waals surface area contributed by atoms with E-state index < -0.39 is 47.0 Å². The van der Waals surface area contributed by atoms with E-state index in [2.05, 4.69) is 27.1 Å². The molecule has 33 heavy (non-hydrogen) atoms. The molecule has 15 heteroatoms. The van der Waals surface area contributed by atoms with E-state index >= 15 is 0 Å². The number of aliphatic hydroxyl groups is 2. The number of carboxylic acid groups (broad SMARTS) is 1. The number of carbonyl (C=O) groups excluding carboxylic acids is 1. The van der Waals surface area contributed by atoms with Gasteiger partial charge in [-0.3, -0.25) is 9.59 Å². The minimum absolute atomic E-state index is 0.0718. The van der Waals surface area contributed by atoms with E-state index in [4.69, 9.17) is 20.5 Å². The Kier molecular flexibility index (Phi) is 12.4. The summed E-state index contributed by atoms with van der Waals surface area (Å²) in [5.74, 6) is -2.19. The number of aromatic nitrogens is 2. The maximum absolute atomic E-state index is 12.5. The summed E-state index contributed by atoms with van der Waals surface area (Å²) in [4.78, 5) is 27.4. The summed E-state index contributed by atoms with van der Waals surface area (Å²) in [5.41, 5.74) is 5.64. The molecule has 1 heterocycles. The molecule has 0 radical (unpaired) electrons. The van der Waals surface area contributed by atoms with E-state index in [1.54, 1.807) is 0 Å². The van der Waals surface area contributed by atoms with Crippen LogP contribution in [0.4, 0.5) is 0 Å². The van der Waals surface area contributed by atoms with Gasteiger partial charge < -0.3 is 30.9 Å². The first kappa shape index (κ1) is 28.9. The molecule has 0 aliphatic heterocycles. The number of rotatable bonds is 17. The molecule has 0 spiro atoms. The highest BCUT2D eigenvalue weighted by atomic mass is 32.2. The van der Waals surface area contributed by atoms with Crippen molar-refractivity contribution in [2.75, 3.05) is 13.2 Å². The third kappa shape index (κ3) is 10.5. The number of nitrogens with zero attached hydrogens (tertiary/aromatic N) is 2. The SMILES string of the molecule is CCCCCCNC(=O)CC[C@@H](NS(=O)(=O)N[C@H](C(=O)O)C(C)O)c1nc([C@@H](N)CO)no1. The Labute approximate surface area is 192 Å². The number of aliphatic carboxylic acids is 1. The molecule has 4 atom stereocenters. The van der Waals surface area contributed by atoms with Crippen molar-refractivity contribution in [3.8, 4) is 0 Å². The van der Waals surface area contributed by atoms with Crippen LogP contribution in [0, 0.1) is 0 Å². The fraction of sp³-hybridized carbons (Fsp3) is 0.778. The van der Waals surface area contributed by atoms with E-state index in [0.717, 1.165) is 32.6 Å². The summed E-state index contributed by atoms with van der Waals surface area (Å²) < 4.78 is 34.0. The zero-order chi connectivity index (χ0) is 25.0. The largest absolute Gasteiger partial charge is 0.480 e. The second kappa shape index (κ2) is 14.2. The molecule has 190 valence electrons. The Hall–Kier alpha value is -2.17. The molecule has 0 aliphatic carbocycles. The van der Waals surface area contributed by atoms with Crippen LogP contribution in [0.1, 0.15) is 76.2 Å². The zero-order valence-electron chi connectivity index (χ0n) is 18.7. The smallest absolute Gasteiger partial charge is 0.324 e. The molecule has 0 fully saturated rings. The van der Waals surface area contributed by atoms with E-state index in [-0.39, 0.29) is 30.5 Å². The lowest BCUT2D eigenvalue weighted by Crippen LogP contribution is -2.52. The third-order valence-electron chi connectivity index (χ3n) is 4.62. The van der Waals surface area contributed by atoms with Crippen molar-refractivity contribution in [2.45, 2.75) is 76.6 Å². The molecule has 1 rings (SSSR count). The lowest BCUT2D eigenvalue weighted by molar-refractivity contribution is -0.141. The molecule has 14 nitrogen and oxygen atoms in total. The van der Waals surface area contributed by atoms with Gasteiger partial charge in [-0.05, 0) is 19.8 Å². The molecule has 0 aromatic carbocycles. The quantitative estimate of drug-likeness (QED) is 0.128. The van der Waals surface area contributed by atoms with Crippen LogP contribution in [0.2, 0.25) is 0 Å². The molecule has 0 bridgehead atoms. The Morgan fingerprint density at radius 1 is 1.21 bits per heavy atom. The first-order chi connectivity index (χ1) is 15.5. The highest BCUT2D eigenvalue weighted by molar-refractivity contribution is 7.87. The number of unbranched alkanes of at least 4 members (excludes halogenated alkanes) is 3. The van der Waals surface area contributed by atoms with Gasteiger partial charge in [-0.25, -0.2) is 0 Å². The number of hydrogen-bond acceptors (Lipinski definition) is 10. The third-order valence-corrected chi connectivity index (χ3v) is 5.78. The Morgan fingerprint density at radius 2 is 1.91 bits per heavy atom. The standard InChI is InChI=1S/C18H34N6O8S/c1-3-4-5-6-9-20-14(27)8-7-13(17-21-16(22-32-17)12(19)10-25)23-33(30,31)24-15(11(2)26)18(28)29/h11-13,15,23-26H,3-10,19H2,1-2H3,(H,20,27)(H,28,29)/t11?,12-,13+,15-/m0/s1. The number of nitrogens with one attached hydrogen (secondary N) is 3. The average molecular weight is 495 g/mol. The van der Waals surface area contributed by atoms with E-state index in [9.17, 15) is 23.1 Å². The van der Waals surface area contributed by atoms with E-state index in [1.165, 1.54) is 0 Å². The number of hydrogen-bond donors (Lipinski definition) is 7. The van der Waals surface area contributed by atoms with Crippen LogP contribution in [-0.2, 0) is 19.8 Å². The van der Waals surface area contributed by atoms with Gasteiger partial charge in [0.25, 0.3) is 10.2 Å². The van der Waals surface area contributed by atoms with Crippen LogP contribution in [0.3, 0.4) is 0 Å². The Balaban J connectivity index is 2.91. The van der Waals surface area contributed by atoms with Gasteiger partial charge in [-0.2, -0.15) is 22.8 Å². The first-order valence-corrected chi connectivity index (χ1v) is 12.2. The minimum atomic E-state index is -4.49. The minimum Gasteiger partial charge on any atom is -0.480 e. The maximum Gasteiger partial charge on any atom is 0.324 e. The monoisotopic (exact) mass is 494 g/mol. The number of amides is 1. The van der Waals surface area contributed by atoms with Crippen LogP contribution in [0.5, 0.6) is 0 Å². The van der Waals surface area contributed by atoms with E-state index in [0.29, 0.717) is 6.54 Å². The van der Waals surface area contributed by atoms with Gasteiger partial charge in [-0.1, -0.05) is 31.3 Å². The van der Waals surface area contributed by atoms with Crippen molar-refractivity contribution in [1.29, 1.82) is 0 Å². The van der Waals surface area contributed by atoms with Crippen molar-refractivity contribution >= 4 is 22.1 Å². The summed E-state index contributed by atoms with van der Waals surface area (Å²) in [7, 11) is -4.49. The lowest BCUT2D eigenvalue weighted by Gasteiger charge is -2.20. The molecule has 1 unspecified atom stereocenters.